The van der Waals surface area contributed by atoms with Gasteiger partial charge in [0.05, 0.1) is 5.69 Å². The molecule has 2 amide bonds. The zero-order valence-electron chi connectivity index (χ0n) is 16.5. The summed E-state index contributed by atoms with van der Waals surface area (Å²) >= 11 is 0. The van der Waals surface area contributed by atoms with E-state index in [1.165, 1.54) is 0 Å². The van der Waals surface area contributed by atoms with Crippen molar-refractivity contribution < 1.29 is 9.59 Å². The smallest absolute Gasteiger partial charge is 0.223 e. The highest BCUT2D eigenvalue weighted by molar-refractivity contribution is 5.77. The molecule has 1 aromatic rings. The monoisotopic (exact) mass is 361 g/mol. The molecule has 2 aliphatic heterocycles. The van der Waals surface area contributed by atoms with Crippen LogP contribution < -0.4 is 0 Å². The number of hydrogen-bond acceptors (Lipinski definition) is 4. The number of hydrogen-bond donors (Lipinski definition) is 1. The Balaban J connectivity index is 1.65. The van der Waals surface area contributed by atoms with Crippen LogP contribution in [0, 0.1) is 13.8 Å². The van der Waals surface area contributed by atoms with E-state index >= 15 is 0 Å². The molecular weight excluding hydrogens is 330 g/mol. The van der Waals surface area contributed by atoms with Gasteiger partial charge in [-0.3, -0.25) is 19.6 Å². The first-order chi connectivity index (χ1) is 12.3. The molecule has 0 saturated carbocycles. The standard InChI is InChI=1S/C19H31N5O2/c1-14-16(15(2)21-20-14)5-6-18(26)24-12-11-23(4)19(13-24)8-7-17(25)22(3)10-9-19/h5-13H2,1-4H3,(H,20,21). The maximum absolute atomic E-state index is 12.9. The van der Waals surface area contributed by atoms with Crippen molar-refractivity contribution in [3.63, 3.8) is 0 Å². The number of likely N-dealkylation sites (N-methyl/N-ethyl adjacent to an activating group) is 1. The van der Waals surface area contributed by atoms with Gasteiger partial charge in [0.25, 0.3) is 0 Å². The first-order valence-corrected chi connectivity index (χ1v) is 9.56. The second kappa shape index (κ2) is 7.39. The minimum absolute atomic E-state index is 0.0736. The number of amides is 2. The van der Waals surface area contributed by atoms with Gasteiger partial charge in [0.2, 0.25) is 11.8 Å². The van der Waals surface area contributed by atoms with Crippen molar-refractivity contribution in [1.82, 2.24) is 24.9 Å². The Hall–Kier alpha value is -1.89. The van der Waals surface area contributed by atoms with Crippen LogP contribution >= 0.6 is 0 Å². The highest BCUT2D eigenvalue weighted by Gasteiger charge is 2.42. The number of nitrogens with zero attached hydrogens (tertiary/aromatic N) is 4. The van der Waals surface area contributed by atoms with Crippen molar-refractivity contribution in [2.45, 2.75) is 51.5 Å². The van der Waals surface area contributed by atoms with Gasteiger partial charge in [0.1, 0.15) is 0 Å². The van der Waals surface area contributed by atoms with E-state index in [1.807, 2.05) is 30.7 Å². The molecule has 0 aliphatic carbocycles. The molecule has 0 aromatic carbocycles. The summed E-state index contributed by atoms with van der Waals surface area (Å²) in [4.78, 5) is 31.2. The molecule has 1 aromatic heterocycles. The Morgan fingerprint density at radius 3 is 2.65 bits per heavy atom. The lowest BCUT2D eigenvalue weighted by atomic mass is 9.86. The lowest BCUT2D eigenvalue weighted by Gasteiger charge is -2.49. The van der Waals surface area contributed by atoms with Crippen molar-refractivity contribution in [2.24, 2.45) is 0 Å². The molecular formula is C19H31N5O2. The highest BCUT2D eigenvalue weighted by Crippen LogP contribution is 2.32. The first kappa shape index (κ1) is 18.9. The van der Waals surface area contributed by atoms with Crippen LogP contribution in [0.5, 0.6) is 0 Å². The molecule has 1 atom stereocenters. The number of carbonyl (C=O) groups is 2. The molecule has 2 fully saturated rings. The Morgan fingerprint density at radius 2 is 1.96 bits per heavy atom. The first-order valence-electron chi connectivity index (χ1n) is 9.56. The number of H-pyrrole nitrogens is 1. The summed E-state index contributed by atoms with van der Waals surface area (Å²) in [6.45, 7) is 7.11. The van der Waals surface area contributed by atoms with Crippen LogP contribution in [0.15, 0.2) is 0 Å². The average molecular weight is 361 g/mol. The molecule has 2 aliphatic rings. The Morgan fingerprint density at radius 1 is 1.19 bits per heavy atom. The summed E-state index contributed by atoms with van der Waals surface area (Å²) < 4.78 is 0. The maximum atomic E-state index is 12.9. The fourth-order valence-electron chi connectivity index (χ4n) is 4.30. The Bertz CT molecular complexity index is 666. The molecule has 7 heteroatoms. The van der Waals surface area contributed by atoms with Crippen LogP contribution in [0.1, 0.15) is 42.6 Å². The predicted molar refractivity (Wildman–Crippen MR) is 99.8 cm³/mol. The van der Waals surface area contributed by atoms with E-state index in [-0.39, 0.29) is 17.4 Å². The fraction of sp³-hybridized carbons (Fsp3) is 0.737. The third-order valence-electron chi connectivity index (χ3n) is 6.37. The second-order valence-corrected chi connectivity index (χ2v) is 7.94. The minimum atomic E-state index is -0.0736. The molecule has 1 unspecified atom stereocenters. The van der Waals surface area contributed by atoms with Crippen LogP contribution in [0.3, 0.4) is 0 Å². The molecule has 3 heterocycles. The van der Waals surface area contributed by atoms with E-state index in [0.29, 0.717) is 12.8 Å². The van der Waals surface area contributed by atoms with E-state index in [9.17, 15) is 9.59 Å². The van der Waals surface area contributed by atoms with E-state index in [4.69, 9.17) is 0 Å². The van der Waals surface area contributed by atoms with Crippen molar-refractivity contribution in [3.8, 4) is 0 Å². The number of carbonyl (C=O) groups excluding carboxylic acids is 2. The third-order valence-corrected chi connectivity index (χ3v) is 6.37. The number of aryl methyl sites for hydroxylation is 2. The number of nitrogens with one attached hydrogen (secondary N) is 1. The van der Waals surface area contributed by atoms with Gasteiger partial charge < -0.3 is 9.80 Å². The summed E-state index contributed by atoms with van der Waals surface area (Å²) in [5, 5.41) is 7.21. The Labute approximate surface area is 155 Å². The summed E-state index contributed by atoms with van der Waals surface area (Å²) in [7, 11) is 4.01. The van der Waals surface area contributed by atoms with Crippen LogP contribution in [0.4, 0.5) is 0 Å². The van der Waals surface area contributed by atoms with E-state index in [1.54, 1.807) is 0 Å². The zero-order valence-corrected chi connectivity index (χ0v) is 16.5. The van der Waals surface area contributed by atoms with Gasteiger partial charge in [-0.05, 0) is 45.7 Å². The van der Waals surface area contributed by atoms with Crippen molar-refractivity contribution >= 4 is 11.8 Å². The number of aromatic nitrogens is 2. The van der Waals surface area contributed by atoms with Crippen LogP contribution in [0.25, 0.3) is 0 Å². The molecule has 3 rings (SSSR count). The number of likely N-dealkylation sites (tertiary alicyclic amines) is 1. The number of aromatic amines is 1. The normalized spacial score (nSPS) is 25.0. The van der Waals surface area contributed by atoms with Crippen molar-refractivity contribution in [2.75, 3.05) is 40.3 Å². The number of rotatable bonds is 3. The van der Waals surface area contributed by atoms with Gasteiger partial charge in [-0.1, -0.05) is 0 Å². The molecule has 1 N–H and O–H groups in total. The van der Waals surface area contributed by atoms with Gasteiger partial charge in [0, 0.05) is 57.3 Å². The molecule has 2 saturated heterocycles. The van der Waals surface area contributed by atoms with Gasteiger partial charge in [-0.2, -0.15) is 5.10 Å². The fourth-order valence-corrected chi connectivity index (χ4v) is 4.30. The highest BCUT2D eigenvalue weighted by atomic mass is 16.2. The number of piperazine rings is 1. The van der Waals surface area contributed by atoms with Gasteiger partial charge in [-0.25, -0.2) is 0 Å². The topological polar surface area (TPSA) is 72.5 Å². The van der Waals surface area contributed by atoms with Crippen molar-refractivity contribution in [3.05, 3.63) is 17.0 Å². The second-order valence-electron chi connectivity index (χ2n) is 7.94. The van der Waals surface area contributed by atoms with E-state index < -0.39 is 0 Å². The van der Waals surface area contributed by atoms with E-state index in [2.05, 4.69) is 22.1 Å². The SMILES string of the molecule is Cc1n[nH]c(C)c1CCC(=O)N1CCN(C)C2(CCC(=O)N(C)CC2)C1. The molecule has 26 heavy (non-hydrogen) atoms. The maximum Gasteiger partial charge on any atom is 0.223 e. The molecule has 144 valence electrons. The summed E-state index contributed by atoms with van der Waals surface area (Å²) in [5.74, 6) is 0.422. The summed E-state index contributed by atoms with van der Waals surface area (Å²) in [6.07, 6.45) is 3.57. The van der Waals surface area contributed by atoms with Crippen LogP contribution in [0.2, 0.25) is 0 Å². The zero-order chi connectivity index (χ0) is 18.9. The summed E-state index contributed by atoms with van der Waals surface area (Å²) in [5.41, 5.74) is 3.12. The van der Waals surface area contributed by atoms with Crippen molar-refractivity contribution in [1.29, 1.82) is 0 Å². The van der Waals surface area contributed by atoms with E-state index in [0.717, 1.165) is 62.4 Å². The lowest BCUT2D eigenvalue weighted by Crippen LogP contribution is -2.62. The molecule has 0 bridgehead atoms. The van der Waals surface area contributed by atoms with Gasteiger partial charge in [0.15, 0.2) is 0 Å². The molecule has 0 radical (unpaired) electrons. The summed E-state index contributed by atoms with van der Waals surface area (Å²) in [6, 6.07) is 0. The quantitative estimate of drug-likeness (QED) is 0.875. The largest absolute Gasteiger partial charge is 0.346 e. The van der Waals surface area contributed by atoms with Crippen LogP contribution in [-0.2, 0) is 16.0 Å². The van der Waals surface area contributed by atoms with Gasteiger partial charge >= 0.3 is 0 Å². The lowest BCUT2D eigenvalue weighted by molar-refractivity contribution is -0.136. The third kappa shape index (κ3) is 3.63. The average Bonchev–Trinajstić information content (AvgIpc) is 2.87. The predicted octanol–water partition coefficient (Wildman–Crippen LogP) is 1.11. The molecule has 1 spiro atoms. The Kier molecular flexibility index (Phi) is 5.37. The molecule has 7 nitrogen and oxygen atoms in total. The van der Waals surface area contributed by atoms with Crippen LogP contribution in [-0.4, -0.2) is 82.5 Å². The van der Waals surface area contributed by atoms with Gasteiger partial charge in [-0.15, -0.1) is 0 Å². The minimum Gasteiger partial charge on any atom is -0.346 e.